The highest BCUT2D eigenvalue weighted by molar-refractivity contribution is 9.10. The number of hydrogen-bond donors (Lipinski definition) is 2. The fourth-order valence-electron chi connectivity index (χ4n) is 1.38. The number of anilines is 2. The van der Waals surface area contributed by atoms with Crippen molar-refractivity contribution in [3.05, 3.63) is 10.7 Å². The molecule has 0 unspecified atom stereocenters. The minimum absolute atomic E-state index is 0.235. The normalized spacial score (nSPS) is 16.9. The van der Waals surface area contributed by atoms with Crippen molar-refractivity contribution in [3.8, 4) is 0 Å². The highest BCUT2D eigenvalue weighted by Gasteiger charge is 2.37. The molecule has 5 heteroatoms. The maximum Gasteiger partial charge on any atom is 0.224 e. The largest absolute Gasteiger partial charge is 0.364 e. The average Bonchev–Trinajstić information content (AvgIpc) is 2.98. The molecular weight excluding hydrogens is 268 g/mol. The van der Waals surface area contributed by atoms with Crippen molar-refractivity contribution in [2.75, 3.05) is 17.2 Å². The van der Waals surface area contributed by atoms with Crippen molar-refractivity contribution >= 4 is 27.7 Å². The first-order valence-corrected chi connectivity index (χ1v) is 6.47. The summed E-state index contributed by atoms with van der Waals surface area (Å²) in [6, 6.07) is 0. The van der Waals surface area contributed by atoms with Crippen molar-refractivity contribution in [2.24, 2.45) is 0 Å². The first kappa shape index (κ1) is 11.6. The Labute approximate surface area is 104 Å². The van der Waals surface area contributed by atoms with E-state index in [1.165, 1.54) is 12.8 Å². The van der Waals surface area contributed by atoms with Gasteiger partial charge in [-0.2, -0.15) is 4.98 Å². The van der Waals surface area contributed by atoms with Crippen molar-refractivity contribution in [3.63, 3.8) is 0 Å². The highest BCUT2D eigenvalue weighted by Crippen LogP contribution is 2.39. The van der Waals surface area contributed by atoms with Gasteiger partial charge in [-0.3, -0.25) is 0 Å². The summed E-state index contributed by atoms with van der Waals surface area (Å²) in [5.41, 5.74) is 0.235. The predicted molar refractivity (Wildman–Crippen MR) is 69.8 cm³/mol. The maximum atomic E-state index is 4.45. The molecule has 0 saturated heterocycles. The average molecular weight is 285 g/mol. The molecule has 0 amide bonds. The lowest BCUT2D eigenvalue weighted by molar-refractivity contribution is 0.817. The quantitative estimate of drug-likeness (QED) is 0.873. The minimum Gasteiger partial charge on any atom is -0.364 e. The smallest absolute Gasteiger partial charge is 0.224 e. The second-order valence-electron chi connectivity index (χ2n) is 4.50. The molecule has 1 fully saturated rings. The summed E-state index contributed by atoms with van der Waals surface area (Å²) in [7, 11) is 0. The van der Waals surface area contributed by atoms with Crippen LogP contribution < -0.4 is 10.6 Å². The van der Waals surface area contributed by atoms with Gasteiger partial charge in [0.25, 0.3) is 0 Å². The molecule has 1 aliphatic rings. The van der Waals surface area contributed by atoms with Gasteiger partial charge in [0.1, 0.15) is 5.82 Å². The van der Waals surface area contributed by atoms with Crippen LogP contribution in [0.15, 0.2) is 10.7 Å². The summed E-state index contributed by atoms with van der Waals surface area (Å²) < 4.78 is 0.919. The third-order valence-electron chi connectivity index (χ3n) is 2.70. The minimum atomic E-state index is 0.235. The van der Waals surface area contributed by atoms with Gasteiger partial charge in [-0.1, -0.05) is 6.92 Å². The summed E-state index contributed by atoms with van der Waals surface area (Å²) in [4.78, 5) is 8.67. The van der Waals surface area contributed by atoms with Gasteiger partial charge in [0.05, 0.1) is 4.47 Å². The molecule has 0 spiro atoms. The van der Waals surface area contributed by atoms with Gasteiger partial charge < -0.3 is 10.6 Å². The van der Waals surface area contributed by atoms with Crippen molar-refractivity contribution in [2.45, 2.75) is 38.6 Å². The summed E-state index contributed by atoms with van der Waals surface area (Å²) in [6.07, 6.45) is 5.28. The zero-order valence-electron chi connectivity index (χ0n) is 9.68. The molecule has 4 nitrogen and oxygen atoms in total. The van der Waals surface area contributed by atoms with Gasteiger partial charge in [0, 0.05) is 18.3 Å². The molecule has 0 radical (unpaired) electrons. The molecule has 88 valence electrons. The molecule has 1 aliphatic carbocycles. The lowest BCUT2D eigenvalue weighted by Gasteiger charge is -2.14. The Bertz CT molecular complexity index is 376. The van der Waals surface area contributed by atoms with Crippen LogP contribution >= 0.6 is 15.9 Å². The zero-order chi connectivity index (χ0) is 11.6. The maximum absolute atomic E-state index is 4.45. The summed E-state index contributed by atoms with van der Waals surface area (Å²) in [5.74, 6) is 1.57. The standard InChI is InChI=1S/C11H17BrN4/c1-3-6-13-10-14-7-8(12)9(15-10)16-11(2)4-5-11/h7H,3-6H2,1-2H3,(H2,13,14,15,16). The fourth-order valence-corrected chi connectivity index (χ4v) is 1.67. The van der Waals surface area contributed by atoms with Crippen LogP contribution in [0.4, 0.5) is 11.8 Å². The Morgan fingerprint density at radius 1 is 1.50 bits per heavy atom. The lowest BCUT2D eigenvalue weighted by Crippen LogP contribution is -2.18. The summed E-state index contributed by atoms with van der Waals surface area (Å²) in [6.45, 7) is 5.23. The topological polar surface area (TPSA) is 49.8 Å². The Morgan fingerprint density at radius 2 is 2.25 bits per heavy atom. The zero-order valence-corrected chi connectivity index (χ0v) is 11.3. The van der Waals surface area contributed by atoms with E-state index in [2.05, 4.69) is 50.4 Å². The van der Waals surface area contributed by atoms with Gasteiger partial charge >= 0.3 is 0 Å². The lowest BCUT2D eigenvalue weighted by atomic mass is 10.3. The Kier molecular flexibility index (Phi) is 3.33. The Balaban J connectivity index is 2.09. The van der Waals surface area contributed by atoms with Gasteiger partial charge in [-0.05, 0) is 42.1 Å². The monoisotopic (exact) mass is 284 g/mol. The SMILES string of the molecule is CCCNc1ncc(Br)c(NC2(C)CC2)n1. The van der Waals surface area contributed by atoms with Crippen LogP contribution in [0.3, 0.4) is 0 Å². The van der Waals surface area contributed by atoms with Gasteiger partial charge in [0.2, 0.25) is 5.95 Å². The van der Waals surface area contributed by atoms with E-state index >= 15 is 0 Å². The Hall–Kier alpha value is -0.840. The molecule has 2 rings (SSSR count). The Morgan fingerprint density at radius 3 is 2.88 bits per heavy atom. The van der Waals surface area contributed by atoms with Crippen molar-refractivity contribution in [1.29, 1.82) is 0 Å². The van der Waals surface area contributed by atoms with E-state index in [-0.39, 0.29) is 5.54 Å². The molecule has 0 aromatic carbocycles. The number of rotatable bonds is 5. The molecule has 0 aliphatic heterocycles. The number of aromatic nitrogens is 2. The van der Waals surface area contributed by atoms with Crippen LogP contribution in [-0.2, 0) is 0 Å². The molecule has 1 aromatic heterocycles. The third-order valence-corrected chi connectivity index (χ3v) is 3.28. The first-order valence-electron chi connectivity index (χ1n) is 5.67. The van der Waals surface area contributed by atoms with Crippen LogP contribution in [0.1, 0.15) is 33.1 Å². The van der Waals surface area contributed by atoms with Crippen LogP contribution in [0.25, 0.3) is 0 Å². The number of nitrogens with one attached hydrogen (secondary N) is 2. The van der Waals surface area contributed by atoms with E-state index < -0.39 is 0 Å². The van der Waals surface area contributed by atoms with E-state index in [0.717, 1.165) is 23.3 Å². The van der Waals surface area contributed by atoms with Gasteiger partial charge in [-0.15, -0.1) is 0 Å². The fraction of sp³-hybridized carbons (Fsp3) is 0.636. The van der Waals surface area contributed by atoms with Crippen LogP contribution in [-0.4, -0.2) is 22.1 Å². The van der Waals surface area contributed by atoms with E-state index in [1.807, 2.05) is 0 Å². The summed E-state index contributed by atoms with van der Waals surface area (Å²) >= 11 is 3.46. The molecule has 2 N–H and O–H groups in total. The number of halogens is 1. The van der Waals surface area contributed by atoms with Crippen LogP contribution in [0.5, 0.6) is 0 Å². The van der Waals surface area contributed by atoms with Gasteiger partial charge in [0.15, 0.2) is 0 Å². The molecule has 1 aromatic rings. The van der Waals surface area contributed by atoms with E-state index in [4.69, 9.17) is 0 Å². The number of nitrogens with zero attached hydrogens (tertiary/aromatic N) is 2. The van der Waals surface area contributed by atoms with Gasteiger partial charge in [-0.25, -0.2) is 4.98 Å². The van der Waals surface area contributed by atoms with E-state index in [0.29, 0.717) is 5.95 Å². The van der Waals surface area contributed by atoms with E-state index in [1.54, 1.807) is 6.20 Å². The second-order valence-corrected chi connectivity index (χ2v) is 5.36. The molecule has 0 atom stereocenters. The van der Waals surface area contributed by atoms with Crippen LogP contribution in [0, 0.1) is 0 Å². The molecule has 16 heavy (non-hydrogen) atoms. The van der Waals surface area contributed by atoms with Crippen molar-refractivity contribution < 1.29 is 0 Å². The molecule has 1 heterocycles. The first-order chi connectivity index (χ1) is 7.63. The van der Waals surface area contributed by atoms with Crippen molar-refractivity contribution in [1.82, 2.24) is 9.97 Å². The molecular formula is C11H17BrN4. The molecule has 1 saturated carbocycles. The molecule has 0 bridgehead atoms. The summed E-state index contributed by atoms with van der Waals surface area (Å²) in [5, 5.41) is 6.62. The third kappa shape index (κ3) is 2.84. The van der Waals surface area contributed by atoms with Crippen LogP contribution in [0.2, 0.25) is 0 Å². The predicted octanol–water partition coefficient (Wildman–Crippen LogP) is 3.03. The highest BCUT2D eigenvalue weighted by atomic mass is 79.9. The number of hydrogen-bond acceptors (Lipinski definition) is 4. The second kappa shape index (κ2) is 4.57. The van der Waals surface area contributed by atoms with E-state index in [9.17, 15) is 0 Å².